The summed E-state index contributed by atoms with van der Waals surface area (Å²) in [5, 5.41) is 10.9. The fourth-order valence-electron chi connectivity index (χ4n) is 2.18. The summed E-state index contributed by atoms with van der Waals surface area (Å²) in [6.07, 6.45) is 3.96. The maximum absolute atomic E-state index is 11.1. The number of hydrogen-bond donors (Lipinski definition) is 2. The molecule has 3 rings (SSSR count). The molecule has 0 saturated heterocycles. The number of carbonyl (C=O) groups is 1. The van der Waals surface area contributed by atoms with E-state index in [1.165, 1.54) is 0 Å². The molecule has 0 bridgehead atoms. The van der Waals surface area contributed by atoms with Crippen LogP contribution >= 0.6 is 0 Å². The van der Waals surface area contributed by atoms with E-state index in [0.717, 1.165) is 22.2 Å². The second-order valence-corrected chi connectivity index (χ2v) is 5.02. The van der Waals surface area contributed by atoms with E-state index in [1.54, 1.807) is 7.05 Å². The van der Waals surface area contributed by atoms with Gasteiger partial charge in [0.05, 0.1) is 11.2 Å². The van der Waals surface area contributed by atoms with Gasteiger partial charge in [0.15, 0.2) is 6.61 Å². The minimum absolute atomic E-state index is 0.0188. The molecule has 23 heavy (non-hydrogen) atoms. The Morgan fingerprint density at radius 2 is 1.96 bits per heavy atom. The van der Waals surface area contributed by atoms with Crippen LogP contribution in [0.5, 0.6) is 5.75 Å². The third-order valence-electron chi connectivity index (χ3n) is 3.46. The number of ether oxygens (including phenoxy) is 1. The summed E-state index contributed by atoms with van der Waals surface area (Å²) in [6.45, 7) is 0.0188. The summed E-state index contributed by atoms with van der Waals surface area (Å²) in [6, 6.07) is 15.6. The zero-order valence-corrected chi connectivity index (χ0v) is 12.7. The van der Waals surface area contributed by atoms with Crippen LogP contribution in [0.1, 0.15) is 11.3 Å². The Morgan fingerprint density at radius 3 is 2.74 bits per heavy atom. The Labute approximate surface area is 134 Å². The van der Waals surface area contributed by atoms with Crippen molar-refractivity contribution in [1.82, 2.24) is 15.5 Å². The normalized spacial score (nSPS) is 11.0. The Morgan fingerprint density at radius 1 is 1.17 bits per heavy atom. The van der Waals surface area contributed by atoms with Crippen LogP contribution in [-0.4, -0.2) is 29.8 Å². The summed E-state index contributed by atoms with van der Waals surface area (Å²) in [7, 11) is 1.58. The predicted octanol–water partition coefficient (Wildman–Crippen LogP) is 2.86. The highest BCUT2D eigenvalue weighted by Gasteiger charge is 2.01. The number of amides is 1. The van der Waals surface area contributed by atoms with Crippen LogP contribution in [0.15, 0.2) is 48.5 Å². The van der Waals surface area contributed by atoms with Crippen molar-refractivity contribution in [1.29, 1.82) is 0 Å². The zero-order valence-electron chi connectivity index (χ0n) is 12.7. The van der Waals surface area contributed by atoms with Crippen LogP contribution in [-0.2, 0) is 4.79 Å². The van der Waals surface area contributed by atoms with Gasteiger partial charge in [-0.15, -0.1) is 0 Å². The minimum Gasteiger partial charge on any atom is -0.484 e. The van der Waals surface area contributed by atoms with Gasteiger partial charge in [0, 0.05) is 12.4 Å². The van der Waals surface area contributed by atoms with Crippen molar-refractivity contribution in [3.8, 4) is 5.75 Å². The molecule has 5 heteroatoms. The fourth-order valence-corrected chi connectivity index (χ4v) is 2.18. The number of aromatic amines is 1. The lowest BCUT2D eigenvalue weighted by molar-refractivity contribution is -0.122. The highest BCUT2D eigenvalue weighted by atomic mass is 16.5. The molecule has 2 aromatic carbocycles. The van der Waals surface area contributed by atoms with E-state index in [-0.39, 0.29) is 12.5 Å². The molecular formula is C18H17N3O2. The number of nitrogens with one attached hydrogen (secondary N) is 2. The second-order valence-electron chi connectivity index (χ2n) is 5.02. The highest BCUT2D eigenvalue weighted by Crippen LogP contribution is 2.18. The van der Waals surface area contributed by atoms with Gasteiger partial charge >= 0.3 is 0 Å². The second kappa shape index (κ2) is 6.79. The molecule has 1 aromatic heterocycles. The third kappa shape index (κ3) is 3.58. The Kier molecular flexibility index (Phi) is 4.38. The zero-order chi connectivity index (χ0) is 16.1. The van der Waals surface area contributed by atoms with Gasteiger partial charge in [-0.05, 0) is 29.8 Å². The molecule has 0 spiro atoms. The molecule has 0 unspecified atom stereocenters. The molecule has 116 valence electrons. The summed E-state index contributed by atoms with van der Waals surface area (Å²) in [4.78, 5) is 11.1. The molecule has 1 heterocycles. The van der Waals surface area contributed by atoms with E-state index in [2.05, 4.69) is 15.5 Å². The predicted molar refractivity (Wildman–Crippen MR) is 91.0 cm³/mol. The number of likely N-dealkylation sites (N-methyl/N-ethyl adjacent to an activating group) is 1. The summed E-state index contributed by atoms with van der Waals surface area (Å²) >= 11 is 0. The number of rotatable bonds is 5. The van der Waals surface area contributed by atoms with E-state index in [0.29, 0.717) is 5.75 Å². The van der Waals surface area contributed by atoms with E-state index < -0.39 is 0 Å². The molecule has 0 radical (unpaired) electrons. The molecule has 0 aliphatic heterocycles. The molecular weight excluding hydrogens is 290 g/mol. The average Bonchev–Trinajstić information content (AvgIpc) is 3.02. The molecule has 5 nitrogen and oxygen atoms in total. The summed E-state index contributed by atoms with van der Waals surface area (Å²) < 4.78 is 5.37. The fraction of sp³-hybridized carbons (Fsp3) is 0.111. The number of benzene rings is 2. The van der Waals surface area contributed by atoms with E-state index in [4.69, 9.17) is 4.74 Å². The molecule has 1 amide bonds. The van der Waals surface area contributed by atoms with Crippen molar-refractivity contribution in [2.45, 2.75) is 0 Å². The summed E-state index contributed by atoms with van der Waals surface area (Å²) in [5.41, 5.74) is 2.95. The van der Waals surface area contributed by atoms with Gasteiger partial charge in [0.1, 0.15) is 5.75 Å². The largest absolute Gasteiger partial charge is 0.484 e. The van der Waals surface area contributed by atoms with Crippen molar-refractivity contribution in [3.05, 3.63) is 59.8 Å². The highest BCUT2D eigenvalue weighted by molar-refractivity contribution is 5.89. The number of fused-ring (bicyclic) bond motifs is 1. The number of nitrogens with zero attached hydrogens (tertiary/aromatic N) is 1. The Hall–Kier alpha value is -3.08. The lowest BCUT2D eigenvalue weighted by Gasteiger charge is -2.04. The quantitative estimate of drug-likeness (QED) is 0.761. The maximum Gasteiger partial charge on any atom is 0.257 e. The van der Waals surface area contributed by atoms with Crippen molar-refractivity contribution in [3.63, 3.8) is 0 Å². The lowest BCUT2D eigenvalue weighted by Crippen LogP contribution is -2.24. The van der Waals surface area contributed by atoms with Gasteiger partial charge in [-0.1, -0.05) is 36.4 Å². The molecule has 0 atom stereocenters. The van der Waals surface area contributed by atoms with Gasteiger partial charge in [-0.2, -0.15) is 5.10 Å². The smallest absolute Gasteiger partial charge is 0.257 e. The molecule has 0 saturated carbocycles. The number of carbonyl (C=O) groups excluding carboxylic acids is 1. The van der Waals surface area contributed by atoms with Crippen molar-refractivity contribution in [2.75, 3.05) is 13.7 Å². The molecule has 2 N–H and O–H groups in total. The molecule has 0 aliphatic rings. The van der Waals surface area contributed by atoms with E-state index >= 15 is 0 Å². The first-order chi connectivity index (χ1) is 11.3. The summed E-state index contributed by atoms with van der Waals surface area (Å²) in [5.74, 6) is 0.510. The maximum atomic E-state index is 11.1. The van der Waals surface area contributed by atoms with Gasteiger partial charge in [0.2, 0.25) is 0 Å². The SMILES string of the molecule is CNC(=O)COc1ccc(/C=C/c2n[nH]c3ccccc23)cc1. The van der Waals surface area contributed by atoms with Gasteiger partial charge < -0.3 is 10.1 Å². The van der Waals surface area contributed by atoms with Crippen LogP contribution in [0.3, 0.4) is 0 Å². The van der Waals surface area contributed by atoms with Crippen molar-refractivity contribution < 1.29 is 9.53 Å². The topological polar surface area (TPSA) is 67.0 Å². The van der Waals surface area contributed by atoms with Crippen LogP contribution < -0.4 is 10.1 Å². The van der Waals surface area contributed by atoms with Gasteiger partial charge in [-0.25, -0.2) is 0 Å². The van der Waals surface area contributed by atoms with Crippen molar-refractivity contribution >= 4 is 29.0 Å². The third-order valence-corrected chi connectivity index (χ3v) is 3.46. The number of para-hydroxylation sites is 1. The van der Waals surface area contributed by atoms with Crippen LogP contribution in [0.2, 0.25) is 0 Å². The van der Waals surface area contributed by atoms with Gasteiger partial charge in [-0.3, -0.25) is 9.89 Å². The van der Waals surface area contributed by atoms with Crippen molar-refractivity contribution in [2.24, 2.45) is 0 Å². The minimum atomic E-state index is -0.153. The monoisotopic (exact) mass is 307 g/mol. The van der Waals surface area contributed by atoms with Crippen LogP contribution in [0.25, 0.3) is 23.1 Å². The lowest BCUT2D eigenvalue weighted by atomic mass is 10.1. The first kappa shape index (κ1) is 14.8. The number of aromatic nitrogens is 2. The Balaban J connectivity index is 1.69. The van der Waals surface area contributed by atoms with E-state index in [9.17, 15) is 4.79 Å². The van der Waals surface area contributed by atoms with E-state index in [1.807, 2.05) is 60.7 Å². The molecule has 0 aliphatic carbocycles. The molecule has 0 fully saturated rings. The standard InChI is InChI=1S/C18H17N3O2/c1-19-18(22)12-23-14-9-6-13(7-10-14)8-11-17-15-4-2-3-5-16(15)20-21-17/h2-11H,12H2,1H3,(H,19,22)(H,20,21)/b11-8+. The molecule has 3 aromatic rings. The van der Waals surface area contributed by atoms with Crippen LogP contribution in [0, 0.1) is 0 Å². The Bertz CT molecular complexity index is 835. The van der Waals surface area contributed by atoms with Gasteiger partial charge in [0.25, 0.3) is 5.91 Å². The first-order valence-corrected chi connectivity index (χ1v) is 7.31. The number of H-pyrrole nitrogens is 1. The average molecular weight is 307 g/mol. The first-order valence-electron chi connectivity index (χ1n) is 7.31. The van der Waals surface area contributed by atoms with Crippen LogP contribution in [0.4, 0.5) is 0 Å². The number of hydrogen-bond acceptors (Lipinski definition) is 3.